The van der Waals surface area contributed by atoms with Gasteiger partial charge < -0.3 is 15.3 Å². The van der Waals surface area contributed by atoms with Crippen molar-refractivity contribution in [3.8, 4) is 0 Å². The van der Waals surface area contributed by atoms with Gasteiger partial charge in [-0.15, -0.1) is 0 Å². The Bertz CT molecular complexity index is 614. The summed E-state index contributed by atoms with van der Waals surface area (Å²) in [6, 6.07) is 2.98. The van der Waals surface area contributed by atoms with Gasteiger partial charge >= 0.3 is 5.97 Å². The Morgan fingerprint density at radius 1 is 1.48 bits per heavy atom. The number of fused-ring (bicyclic) bond motifs is 1. The summed E-state index contributed by atoms with van der Waals surface area (Å²) in [4.78, 5) is 34.2. The van der Waals surface area contributed by atoms with E-state index in [1.165, 1.54) is 17.0 Å². The van der Waals surface area contributed by atoms with E-state index in [1.54, 1.807) is 7.05 Å². The van der Waals surface area contributed by atoms with Crippen molar-refractivity contribution in [2.24, 2.45) is 0 Å². The summed E-state index contributed by atoms with van der Waals surface area (Å²) >= 11 is 0. The molecule has 1 aromatic carbocycles. The number of carboxylic acid groups (broad SMARTS) is 1. The van der Waals surface area contributed by atoms with Crippen LogP contribution in [0.1, 0.15) is 18.4 Å². The third-order valence-corrected chi connectivity index (χ3v) is 3.36. The van der Waals surface area contributed by atoms with Crippen molar-refractivity contribution in [2.75, 3.05) is 23.8 Å². The zero-order valence-electron chi connectivity index (χ0n) is 11.5. The van der Waals surface area contributed by atoms with Gasteiger partial charge in [-0.05, 0) is 18.1 Å². The number of carboxylic acids is 1. The molecule has 0 bridgehead atoms. The van der Waals surface area contributed by atoms with Crippen LogP contribution in [0.5, 0.6) is 0 Å². The monoisotopic (exact) mass is 293 g/mol. The van der Waals surface area contributed by atoms with Gasteiger partial charge in [-0.1, -0.05) is 0 Å². The molecule has 0 atom stereocenters. The third kappa shape index (κ3) is 3.28. The quantitative estimate of drug-likeness (QED) is 0.626. The Kier molecular flexibility index (Phi) is 4.06. The minimum atomic E-state index is -0.976. The Morgan fingerprint density at radius 2 is 2.19 bits per heavy atom. The van der Waals surface area contributed by atoms with Crippen molar-refractivity contribution in [3.63, 3.8) is 0 Å². The number of nitro benzene ring substituents is 1. The molecule has 0 radical (unpaired) electrons. The van der Waals surface area contributed by atoms with Crippen molar-refractivity contribution >= 4 is 28.9 Å². The lowest BCUT2D eigenvalue weighted by Crippen LogP contribution is -2.24. The first kappa shape index (κ1) is 14.8. The predicted molar refractivity (Wildman–Crippen MR) is 75.6 cm³/mol. The van der Waals surface area contributed by atoms with Crippen molar-refractivity contribution in [3.05, 3.63) is 27.8 Å². The highest BCUT2D eigenvalue weighted by Gasteiger charge is 2.24. The number of carbonyl (C=O) groups excluding carboxylic acids is 1. The van der Waals surface area contributed by atoms with Crippen LogP contribution in [0.15, 0.2) is 12.1 Å². The molecular weight excluding hydrogens is 278 g/mol. The zero-order chi connectivity index (χ0) is 15.6. The fourth-order valence-corrected chi connectivity index (χ4v) is 2.24. The Hall–Kier alpha value is -2.64. The van der Waals surface area contributed by atoms with E-state index >= 15 is 0 Å². The molecule has 8 nitrogen and oxygen atoms in total. The SMILES string of the molecule is CN(CCC(=O)O)c1cc2c(cc1[N+](=O)[O-])CCC(=O)N2. The first-order chi connectivity index (χ1) is 9.88. The average Bonchev–Trinajstić information content (AvgIpc) is 2.42. The highest BCUT2D eigenvalue weighted by atomic mass is 16.6. The van der Waals surface area contributed by atoms with Crippen LogP contribution in [0.2, 0.25) is 0 Å². The van der Waals surface area contributed by atoms with E-state index in [9.17, 15) is 19.7 Å². The minimum absolute atomic E-state index is 0.0854. The Morgan fingerprint density at radius 3 is 2.81 bits per heavy atom. The smallest absolute Gasteiger partial charge is 0.305 e. The number of anilines is 2. The van der Waals surface area contributed by atoms with Crippen LogP contribution in [0.4, 0.5) is 17.1 Å². The number of rotatable bonds is 5. The second-order valence-electron chi connectivity index (χ2n) is 4.87. The van der Waals surface area contributed by atoms with Crippen LogP contribution in [-0.2, 0) is 16.0 Å². The second-order valence-corrected chi connectivity index (χ2v) is 4.87. The highest BCUT2D eigenvalue weighted by molar-refractivity contribution is 5.95. The molecular formula is C13H15N3O5. The summed E-state index contributed by atoms with van der Waals surface area (Å²) in [5.74, 6) is -1.11. The fourth-order valence-electron chi connectivity index (χ4n) is 2.24. The summed E-state index contributed by atoms with van der Waals surface area (Å²) < 4.78 is 0. The largest absolute Gasteiger partial charge is 0.481 e. The number of benzene rings is 1. The van der Waals surface area contributed by atoms with Gasteiger partial charge in [0.05, 0.1) is 11.3 Å². The standard InChI is InChI=1S/C13H15N3O5/c1-15(5-4-13(18)19)10-7-9-8(2-3-12(17)14-9)6-11(10)16(20)21/h6-7H,2-5H2,1H3,(H,14,17)(H,18,19). The number of nitrogens with zero attached hydrogens (tertiary/aromatic N) is 2. The first-order valence-electron chi connectivity index (χ1n) is 6.42. The van der Waals surface area contributed by atoms with Crippen LogP contribution in [0.25, 0.3) is 0 Å². The van der Waals surface area contributed by atoms with Crippen molar-refractivity contribution < 1.29 is 19.6 Å². The maximum absolute atomic E-state index is 11.4. The molecule has 0 fully saturated rings. The summed E-state index contributed by atoms with van der Waals surface area (Å²) in [5, 5.41) is 22.6. The summed E-state index contributed by atoms with van der Waals surface area (Å²) in [7, 11) is 1.59. The van der Waals surface area contributed by atoms with Crippen LogP contribution >= 0.6 is 0 Å². The molecule has 0 spiro atoms. The van der Waals surface area contributed by atoms with E-state index in [-0.39, 0.29) is 24.6 Å². The molecule has 2 rings (SSSR count). The molecule has 8 heteroatoms. The predicted octanol–water partition coefficient (Wildman–Crippen LogP) is 1.39. The number of amides is 1. The molecule has 0 aromatic heterocycles. The summed E-state index contributed by atoms with van der Waals surface area (Å²) in [6.07, 6.45) is 0.635. The van der Waals surface area contributed by atoms with Crippen molar-refractivity contribution in [2.45, 2.75) is 19.3 Å². The molecule has 0 saturated carbocycles. The molecule has 1 aromatic rings. The van der Waals surface area contributed by atoms with E-state index in [1.807, 2.05) is 0 Å². The van der Waals surface area contributed by atoms with Gasteiger partial charge in [-0.3, -0.25) is 19.7 Å². The molecule has 1 aliphatic rings. The maximum Gasteiger partial charge on any atom is 0.305 e. The molecule has 2 N–H and O–H groups in total. The molecule has 0 unspecified atom stereocenters. The lowest BCUT2D eigenvalue weighted by molar-refractivity contribution is -0.384. The number of aliphatic carboxylic acids is 1. The van der Waals surface area contributed by atoms with Crippen LogP contribution in [-0.4, -0.2) is 35.5 Å². The lowest BCUT2D eigenvalue weighted by Gasteiger charge is -2.22. The van der Waals surface area contributed by atoms with Gasteiger partial charge in [0.2, 0.25) is 5.91 Å². The molecule has 21 heavy (non-hydrogen) atoms. The fraction of sp³-hybridized carbons (Fsp3) is 0.385. The summed E-state index contributed by atoms with van der Waals surface area (Å²) in [6.45, 7) is 0.142. The number of nitro groups is 1. The molecule has 1 heterocycles. The zero-order valence-corrected chi connectivity index (χ0v) is 11.5. The van der Waals surface area contributed by atoms with Gasteiger partial charge in [0.1, 0.15) is 5.69 Å². The Labute approximate surface area is 120 Å². The van der Waals surface area contributed by atoms with E-state index < -0.39 is 10.9 Å². The van der Waals surface area contributed by atoms with E-state index in [4.69, 9.17) is 5.11 Å². The second kappa shape index (κ2) is 5.78. The number of carbonyl (C=O) groups is 2. The third-order valence-electron chi connectivity index (χ3n) is 3.36. The molecule has 0 aliphatic carbocycles. The first-order valence-corrected chi connectivity index (χ1v) is 6.42. The van der Waals surface area contributed by atoms with E-state index in [0.29, 0.717) is 24.2 Å². The van der Waals surface area contributed by atoms with Gasteiger partial charge in [0.25, 0.3) is 5.69 Å². The number of hydrogen-bond acceptors (Lipinski definition) is 5. The lowest BCUT2D eigenvalue weighted by atomic mass is 10.0. The molecule has 0 saturated heterocycles. The topological polar surface area (TPSA) is 113 Å². The normalized spacial score (nSPS) is 13.3. The average molecular weight is 293 g/mol. The minimum Gasteiger partial charge on any atom is -0.481 e. The van der Waals surface area contributed by atoms with Gasteiger partial charge in [-0.25, -0.2) is 0 Å². The van der Waals surface area contributed by atoms with Gasteiger partial charge in [0, 0.05) is 31.8 Å². The van der Waals surface area contributed by atoms with Crippen molar-refractivity contribution in [1.82, 2.24) is 0 Å². The number of nitrogens with one attached hydrogen (secondary N) is 1. The summed E-state index contributed by atoms with van der Waals surface area (Å²) in [5.41, 5.74) is 1.48. The van der Waals surface area contributed by atoms with Crippen LogP contribution in [0, 0.1) is 10.1 Å². The molecule has 1 aliphatic heterocycles. The van der Waals surface area contributed by atoms with E-state index in [2.05, 4.69) is 5.32 Å². The van der Waals surface area contributed by atoms with Gasteiger partial charge in [-0.2, -0.15) is 0 Å². The van der Waals surface area contributed by atoms with Crippen LogP contribution in [0.3, 0.4) is 0 Å². The maximum atomic E-state index is 11.4. The Balaban J connectivity index is 2.38. The van der Waals surface area contributed by atoms with Gasteiger partial charge in [0.15, 0.2) is 0 Å². The van der Waals surface area contributed by atoms with Crippen molar-refractivity contribution in [1.29, 1.82) is 0 Å². The molecule has 1 amide bonds. The number of aryl methyl sites for hydroxylation is 1. The highest BCUT2D eigenvalue weighted by Crippen LogP contribution is 2.35. The molecule has 112 valence electrons. The van der Waals surface area contributed by atoms with E-state index in [0.717, 1.165) is 5.56 Å². The van der Waals surface area contributed by atoms with Crippen LogP contribution < -0.4 is 10.2 Å². The number of hydrogen-bond donors (Lipinski definition) is 2.